The normalized spacial score (nSPS) is 12.0. The number of rotatable bonds is 5. The smallest absolute Gasteiger partial charge is 0.254 e. The first-order valence-electron chi connectivity index (χ1n) is 7.19. The first kappa shape index (κ1) is 17.2. The monoisotopic (exact) mass is 335 g/mol. The fourth-order valence-corrected chi connectivity index (χ4v) is 2.99. The summed E-state index contributed by atoms with van der Waals surface area (Å²) in [4.78, 5) is 28.5. The number of benzene rings is 1. The van der Waals surface area contributed by atoms with Crippen molar-refractivity contribution >= 4 is 23.4 Å². The van der Waals surface area contributed by atoms with Crippen molar-refractivity contribution in [3.05, 3.63) is 52.2 Å². The summed E-state index contributed by atoms with van der Waals surface area (Å²) in [6.45, 7) is 3.58. The van der Waals surface area contributed by atoms with E-state index in [4.69, 9.17) is 0 Å². The Morgan fingerprint density at radius 1 is 1.43 bits per heavy atom. The van der Waals surface area contributed by atoms with Crippen LogP contribution in [-0.4, -0.2) is 20.7 Å². The fraction of sp³-hybridized carbons (Fsp3) is 0.312. The highest BCUT2D eigenvalue weighted by Crippen LogP contribution is 2.24. The third-order valence-corrected chi connectivity index (χ3v) is 4.67. The maximum atomic E-state index is 13.6. The number of aromatic nitrogens is 2. The van der Waals surface area contributed by atoms with E-state index in [1.165, 1.54) is 34.5 Å². The minimum absolute atomic E-state index is 0.141. The molecule has 1 aromatic carbocycles. The lowest BCUT2D eigenvalue weighted by atomic mass is 10.2. The molecule has 0 radical (unpaired) electrons. The predicted molar refractivity (Wildman–Crippen MR) is 89.2 cm³/mol. The first-order valence-corrected chi connectivity index (χ1v) is 8.07. The second-order valence-corrected chi connectivity index (χ2v) is 6.23. The fourth-order valence-electron chi connectivity index (χ4n) is 1.96. The van der Waals surface area contributed by atoms with Gasteiger partial charge in [0.05, 0.1) is 10.9 Å². The summed E-state index contributed by atoms with van der Waals surface area (Å²) in [6.07, 6.45) is 0.523. The zero-order valence-corrected chi connectivity index (χ0v) is 14.0. The van der Waals surface area contributed by atoms with Crippen LogP contribution in [0, 0.1) is 12.7 Å². The van der Waals surface area contributed by atoms with Crippen molar-refractivity contribution in [1.29, 1.82) is 0 Å². The lowest BCUT2D eigenvalue weighted by Gasteiger charge is -2.16. The number of hydrogen-bond acceptors (Lipinski definition) is 4. The molecule has 0 fully saturated rings. The van der Waals surface area contributed by atoms with Crippen molar-refractivity contribution in [2.24, 2.45) is 7.05 Å². The molecule has 1 atom stereocenters. The molecule has 0 bridgehead atoms. The molecule has 7 heteroatoms. The highest BCUT2D eigenvalue weighted by atomic mass is 32.2. The highest BCUT2D eigenvalue weighted by Gasteiger charge is 2.21. The Kier molecular flexibility index (Phi) is 5.54. The number of thioether (sulfide) groups is 1. The summed E-state index contributed by atoms with van der Waals surface area (Å²) in [7, 11) is 1.61. The molecule has 5 nitrogen and oxygen atoms in total. The summed E-state index contributed by atoms with van der Waals surface area (Å²) >= 11 is 1.19. The van der Waals surface area contributed by atoms with Crippen LogP contribution in [0.3, 0.4) is 0 Å². The van der Waals surface area contributed by atoms with Gasteiger partial charge in [-0.3, -0.25) is 14.2 Å². The molecule has 1 aromatic heterocycles. The third kappa shape index (κ3) is 4.19. The minimum atomic E-state index is -0.484. The molecule has 0 spiro atoms. The Morgan fingerprint density at radius 3 is 2.78 bits per heavy atom. The van der Waals surface area contributed by atoms with Crippen molar-refractivity contribution in [1.82, 2.24) is 9.55 Å². The van der Waals surface area contributed by atoms with Gasteiger partial charge in [0.2, 0.25) is 5.91 Å². The van der Waals surface area contributed by atoms with E-state index in [2.05, 4.69) is 10.3 Å². The lowest BCUT2D eigenvalue weighted by molar-refractivity contribution is -0.115. The van der Waals surface area contributed by atoms with Gasteiger partial charge in [0.1, 0.15) is 5.82 Å². The van der Waals surface area contributed by atoms with Gasteiger partial charge in [-0.05, 0) is 25.5 Å². The molecule has 1 unspecified atom stereocenters. The number of hydrogen-bond donors (Lipinski definition) is 1. The van der Waals surface area contributed by atoms with Crippen LogP contribution in [-0.2, 0) is 11.8 Å². The van der Waals surface area contributed by atoms with Crippen LogP contribution >= 0.6 is 11.8 Å². The molecule has 0 aliphatic rings. The Morgan fingerprint density at radius 2 is 2.13 bits per heavy atom. The van der Waals surface area contributed by atoms with Crippen LogP contribution in [0.5, 0.6) is 0 Å². The van der Waals surface area contributed by atoms with Crippen LogP contribution in [0.4, 0.5) is 10.1 Å². The second kappa shape index (κ2) is 7.41. The summed E-state index contributed by atoms with van der Waals surface area (Å²) in [6, 6.07) is 7.44. The molecular weight excluding hydrogens is 317 g/mol. The third-order valence-electron chi connectivity index (χ3n) is 3.26. The van der Waals surface area contributed by atoms with Crippen molar-refractivity contribution < 1.29 is 9.18 Å². The maximum absolute atomic E-state index is 13.6. The Balaban J connectivity index is 2.19. The molecular formula is C16H18FN3O2S. The molecule has 1 amide bonds. The summed E-state index contributed by atoms with van der Waals surface area (Å²) in [5.41, 5.74) is 0.562. The van der Waals surface area contributed by atoms with Crippen LogP contribution in [0.2, 0.25) is 0 Å². The number of nitrogens with one attached hydrogen (secondary N) is 1. The van der Waals surface area contributed by atoms with Crippen molar-refractivity contribution in [3.63, 3.8) is 0 Å². The van der Waals surface area contributed by atoms with Crippen LogP contribution in [0.25, 0.3) is 0 Å². The van der Waals surface area contributed by atoms with E-state index in [0.717, 1.165) is 0 Å². The quantitative estimate of drug-likeness (QED) is 0.674. The van der Waals surface area contributed by atoms with E-state index < -0.39 is 11.1 Å². The average Bonchev–Trinajstić information content (AvgIpc) is 2.51. The molecule has 122 valence electrons. The second-order valence-electron chi connectivity index (χ2n) is 5.06. The topological polar surface area (TPSA) is 64.0 Å². The van der Waals surface area contributed by atoms with Gasteiger partial charge in [-0.1, -0.05) is 30.8 Å². The van der Waals surface area contributed by atoms with Crippen LogP contribution in [0.1, 0.15) is 19.0 Å². The van der Waals surface area contributed by atoms with E-state index in [0.29, 0.717) is 17.3 Å². The number of para-hydroxylation sites is 1. The van der Waals surface area contributed by atoms with Gasteiger partial charge >= 0.3 is 0 Å². The van der Waals surface area contributed by atoms with Gasteiger partial charge < -0.3 is 5.32 Å². The minimum Gasteiger partial charge on any atom is -0.323 e. The molecule has 1 N–H and O–H groups in total. The van der Waals surface area contributed by atoms with Crippen LogP contribution in [0.15, 0.2) is 40.3 Å². The molecule has 0 saturated heterocycles. The molecule has 2 aromatic rings. The van der Waals surface area contributed by atoms with E-state index in [1.54, 1.807) is 26.1 Å². The zero-order chi connectivity index (χ0) is 17.0. The number of carbonyl (C=O) groups excluding carboxylic acids is 1. The van der Waals surface area contributed by atoms with Crippen molar-refractivity contribution in [2.45, 2.75) is 30.7 Å². The van der Waals surface area contributed by atoms with E-state index in [1.807, 2.05) is 6.92 Å². The molecule has 0 aliphatic heterocycles. The number of amides is 1. The number of aryl methyl sites for hydroxylation is 1. The molecule has 2 rings (SSSR count). The zero-order valence-electron chi connectivity index (χ0n) is 13.2. The average molecular weight is 335 g/mol. The maximum Gasteiger partial charge on any atom is 0.254 e. The van der Waals surface area contributed by atoms with Crippen molar-refractivity contribution in [3.8, 4) is 0 Å². The molecule has 23 heavy (non-hydrogen) atoms. The van der Waals surface area contributed by atoms with Gasteiger partial charge in [0.25, 0.3) is 5.56 Å². The van der Waals surface area contributed by atoms with Gasteiger partial charge in [-0.2, -0.15) is 0 Å². The number of anilines is 1. The van der Waals surface area contributed by atoms with Gasteiger partial charge in [0.15, 0.2) is 5.16 Å². The molecule has 0 aliphatic carbocycles. The standard InChI is InChI=1S/C16H18FN3O2S/c1-4-13(15(22)19-12-8-6-5-7-11(12)17)23-16-18-10(2)9-14(21)20(16)3/h5-9,13H,4H2,1-3H3,(H,19,22). The Bertz CT molecular complexity index is 776. The van der Waals surface area contributed by atoms with Gasteiger partial charge in [-0.25, -0.2) is 9.37 Å². The largest absolute Gasteiger partial charge is 0.323 e. The Hall–Kier alpha value is -2.15. The van der Waals surface area contributed by atoms with E-state index >= 15 is 0 Å². The molecule has 1 heterocycles. The SMILES string of the molecule is CCC(Sc1nc(C)cc(=O)n1C)C(=O)Nc1ccccc1F. The summed E-state index contributed by atoms with van der Waals surface area (Å²) in [5.74, 6) is -0.805. The van der Waals surface area contributed by atoms with Crippen LogP contribution < -0.4 is 10.9 Å². The summed E-state index contributed by atoms with van der Waals surface area (Å²) in [5, 5.41) is 2.57. The van der Waals surface area contributed by atoms with Gasteiger partial charge in [-0.15, -0.1) is 0 Å². The molecule has 0 saturated carbocycles. The summed E-state index contributed by atoms with van der Waals surface area (Å²) < 4.78 is 15.0. The van der Waals surface area contributed by atoms with Crippen molar-refractivity contribution in [2.75, 3.05) is 5.32 Å². The van der Waals surface area contributed by atoms with Gasteiger partial charge in [0, 0.05) is 18.8 Å². The lowest BCUT2D eigenvalue weighted by Crippen LogP contribution is -2.27. The van der Waals surface area contributed by atoms with E-state index in [-0.39, 0.29) is 17.2 Å². The number of nitrogens with zero attached hydrogens (tertiary/aromatic N) is 2. The first-order chi connectivity index (χ1) is 10.9. The Labute approximate surface area is 137 Å². The highest BCUT2D eigenvalue weighted by molar-refractivity contribution is 8.00. The number of carbonyl (C=O) groups is 1. The number of halogens is 1. The predicted octanol–water partition coefficient (Wildman–Crippen LogP) is 2.74. The van der Waals surface area contributed by atoms with E-state index in [9.17, 15) is 14.0 Å².